The summed E-state index contributed by atoms with van der Waals surface area (Å²) in [6.45, 7) is 7.60. The fourth-order valence-electron chi connectivity index (χ4n) is 2.13. The molecule has 0 spiro atoms. The van der Waals surface area contributed by atoms with Crippen LogP contribution in [0, 0.1) is 6.92 Å². The zero-order valence-corrected chi connectivity index (χ0v) is 12.8. The van der Waals surface area contributed by atoms with E-state index in [4.69, 9.17) is 14.2 Å². The average Bonchev–Trinajstić information content (AvgIpc) is 3.27. The molecular weight excluding hydrogens is 268 g/mol. The SMILES string of the molecule is CCOC(=O)/C=C/c1c(C)cccc1[C@@H](C)OCC1CO1. The summed E-state index contributed by atoms with van der Waals surface area (Å²) in [4.78, 5) is 11.5. The van der Waals surface area contributed by atoms with Gasteiger partial charge in [-0.2, -0.15) is 0 Å². The van der Waals surface area contributed by atoms with Crippen molar-refractivity contribution in [1.29, 1.82) is 0 Å². The fourth-order valence-corrected chi connectivity index (χ4v) is 2.13. The Morgan fingerprint density at radius 3 is 2.95 bits per heavy atom. The second kappa shape index (κ2) is 7.38. The summed E-state index contributed by atoms with van der Waals surface area (Å²) in [5, 5.41) is 0. The number of esters is 1. The zero-order chi connectivity index (χ0) is 15.2. The van der Waals surface area contributed by atoms with Gasteiger partial charge in [0.1, 0.15) is 6.10 Å². The van der Waals surface area contributed by atoms with Crippen LogP contribution >= 0.6 is 0 Å². The lowest BCUT2D eigenvalue weighted by Crippen LogP contribution is -2.08. The summed E-state index contributed by atoms with van der Waals surface area (Å²) < 4.78 is 15.9. The van der Waals surface area contributed by atoms with Crippen LogP contribution in [0.2, 0.25) is 0 Å². The minimum atomic E-state index is -0.327. The van der Waals surface area contributed by atoms with Crippen molar-refractivity contribution >= 4 is 12.0 Å². The van der Waals surface area contributed by atoms with Crippen LogP contribution in [0.25, 0.3) is 6.08 Å². The minimum absolute atomic E-state index is 0.0454. The molecule has 0 saturated carbocycles. The monoisotopic (exact) mass is 290 g/mol. The smallest absolute Gasteiger partial charge is 0.330 e. The molecule has 2 rings (SSSR count). The molecule has 2 atom stereocenters. The average molecular weight is 290 g/mol. The molecule has 1 heterocycles. The third-order valence-corrected chi connectivity index (χ3v) is 3.40. The maximum atomic E-state index is 11.5. The zero-order valence-electron chi connectivity index (χ0n) is 12.8. The van der Waals surface area contributed by atoms with Crippen LogP contribution in [0.4, 0.5) is 0 Å². The van der Waals surface area contributed by atoms with Gasteiger partial charge in [-0.1, -0.05) is 18.2 Å². The lowest BCUT2D eigenvalue weighted by Gasteiger charge is -2.17. The standard InChI is InChI=1S/C17H22O4/c1-4-19-17(18)9-8-15-12(2)6-5-7-16(15)13(3)20-10-14-11-21-14/h5-9,13-14H,4,10-11H2,1-3H3/b9-8+/t13-,14?/m1/s1. The van der Waals surface area contributed by atoms with Crippen molar-refractivity contribution in [2.45, 2.75) is 33.0 Å². The van der Waals surface area contributed by atoms with Gasteiger partial charge >= 0.3 is 5.97 Å². The van der Waals surface area contributed by atoms with Gasteiger partial charge in [0.05, 0.1) is 25.9 Å². The number of ether oxygens (including phenoxy) is 3. The Hall–Kier alpha value is -1.65. The first-order valence-electron chi connectivity index (χ1n) is 7.29. The third-order valence-electron chi connectivity index (χ3n) is 3.40. The van der Waals surface area contributed by atoms with Crippen LogP contribution in [0.3, 0.4) is 0 Å². The largest absolute Gasteiger partial charge is 0.463 e. The molecule has 1 saturated heterocycles. The topological polar surface area (TPSA) is 48.1 Å². The molecule has 114 valence electrons. The molecule has 1 aliphatic heterocycles. The number of rotatable bonds is 7. The number of carbonyl (C=O) groups excluding carboxylic acids is 1. The van der Waals surface area contributed by atoms with Crippen LogP contribution in [0.15, 0.2) is 24.3 Å². The molecule has 0 N–H and O–H groups in total. The molecule has 1 aliphatic rings. The highest BCUT2D eigenvalue weighted by Gasteiger charge is 2.24. The Morgan fingerprint density at radius 2 is 2.29 bits per heavy atom. The van der Waals surface area contributed by atoms with Gasteiger partial charge in [-0.15, -0.1) is 0 Å². The fraction of sp³-hybridized carbons (Fsp3) is 0.471. The van der Waals surface area contributed by atoms with Gasteiger partial charge in [0.15, 0.2) is 0 Å². The molecule has 0 radical (unpaired) electrons. The molecule has 1 aromatic rings. The highest BCUT2D eigenvalue weighted by Crippen LogP contribution is 2.26. The molecule has 0 bridgehead atoms. The summed E-state index contributed by atoms with van der Waals surface area (Å²) >= 11 is 0. The van der Waals surface area contributed by atoms with Gasteiger partial charge in [0.25, 0.3) is 0 Å². The lowest BCUT2D eigenvalue weighted by molar-refractivity contribution is -0.137. The van der Waals surface area contributed by atoms with Crippen LogP contribution in [-0.4, -0.2) is 31.9 Å². The van der Waals surface area contributed by atoms with Gasteiger partial charge in [0.2, 0.25) is 0 Å². The molecule has 0 amide bonds. The molecule has 4 nitrogen and oxygen atoms in total. The highest BCUT2D eigenvalue weighted by molar-refractivity contribution is 5.87. The van der Waals surface area contributed by atoms with Crippen LogP contribution in [0.5, 0.6) is 0 Å². The molecular formula is C17H22O4. The number of hydrogen-bond donors (Lipinski definition) is 0. The predicted octanol–water partition coefficient (Wildman–Crippen LogP) is 3.05. The van der Waals surface area contributed by atoms with E-state index in [9.17, 15) is 4.79 Å². The van der Waals surface area contributed by atoms with E-state index >= 15 is 0 Å². The van der Waals surface area contributed by atoms with E-state index in [1.807, 2.05) is 32.0 Å². The van der Waals surface area contributed by atoms with Crippen molar-refractivity contribution < 1.29 is 19.0 Å². The maximum absolute atomic E-state index is 11.5. The first kappa shape index (κ1) is 15.7. The second-order valence-corrected chi connectivity index (χ2v) is 5.09. The van der Waals surface area contributed by atoms with E-state index in [1.54, 1.807) is 13.0 Å². The molecule has 1 fully saturated rings. The Bertz CT molecular complexity index is 518. The lowest BCUT2D eigenvalue weighted by atomic mass is 9.98. The summed E-state index contributed by atoms with van der Waals surface area (Å²) in [6, 6.07) is 6.04. The van der Waals surface area contributed by atoms with E-state index < -0.39 is 0 Å². The van der Waals surface area contributed by atoms with Gasteiger partial charge in [-0.05, 0) is 43.5 Å². The van der Waals surface area contributed by atoms with Gasteiger partial charge in [-0.25, -0.2) is 4.79 Å². The maximum Gasteiger partial charge on any atom is 0.330 e. The van der Waals surface area contributed by atoms with E-state index in [1.165, 1.54) is 6.08 Å². The normalized spacial score (nSPS) is 18.7. The van der Waals surface area contributed by atoms with Crippen LogP contribution in [0.1, 0.15) is 36.6 Å². The third kappa shape index (κ3) is 4.69. The van der Waals surface area contributed by atoms with E-state index in [-0.39, 0.29) is 18.2 Å². The Kier molecular flexibility index (Phi) is 5.53. The van der Waals surface area contributed by atoms with Crippen LogP contribution < -0.4 is 0 Å². The van der Waals surface area contributed by atoms with Crippen molar-refractivity contribution in [3.63, 3.8) is 0 Å². The summed E-state index contributed by atoms with van der Waals surface area (Å²) in [5.74, 6) is -0.327. The van der Waals surface area contributed by atoms with E-state index in [0.29, 0.717) is 13.2 Å². The highest BCUT2D eigenvalue weighted by atomic mass is 16.6. The molecule has 1 unspecified atom stereocenters. The molecule has 21 heavy (non-hydrogen) atoms. The van der Waals surface area contributed by atoms with Crippen molar-refractivity contribution in [3.05, 3.63) is 41.0 Å². The Morgan fingerprint density at radius 1 is 1.52 bits per heavy atom. The number of aryl methyl sites for hydroxylation is 1. The van der Waals surface area contributed by atoms with Gasteiger partial charge < -0.3 is 14.2 Å². The van der Waals surface area contributed by atoms with Crippen molar-refractivity contribution in [2.75, 3.05) is 19.8 Å². The molecule has 4 heteroatoms. The minimum Gasteiger partial charge on any atom is -0.463 e. The molecule has 0 aromatic heterocycles. The summed E-state index contributed by atoms with van der Waals surface area (Å²) in [5.41, 5.74) is 3.18. The van der Waals surface area contributed by atoms with Crippen molar-refractivity contribution in [3.8, 4) is 0 Å². The van der Waals surface area contributed by atoms with Gasteiger partial charge in [-0.3, -0.25) is 0 Å². The molecule has 0 aliphatic carbocycles. The number of hydrogen-bond acceptors (Lipinski definition) is 4. The first-order valence-corrected chi connectivity index (χ1v) is 7.29. The summed E-state index contributed by atoms with van der Waals surface area (Å²) in [7, 11) is 0. The summed E-state index contributed by atoms with van der Waals surface area (Å²) in [6.07, 6.45) is 3.47. The van der Waals surface area contributed by atoms with Crippen molar-refractivity contribution in [2.24, 2.45) is 0 Å². The second-order valence-electron chi connectivity index (χ2n) is 5.09. The van der Waals surface area contributed by atoms with Crippen LogP contribution in [-0.2, 0) is 19.0 Å². The Labute approximate surface area is 125 Å². The van der Waals surface area contributed by atoms with E-state index in [2.05, 4.69) is 0 Å². The van der Waals surface area contributed by atoms with E-state index in [0.717, 1.165) is 23.3 Å². The number of benzene rings is 1. The first-order chi connectivity index (χ1) is 10.1. The number of epoxide rings is 1. The quantitative estimate of drug-likeness (QED) is 0.440. The van der Waals surface area contributed by atoms with Crippen molar-refractivity contribution in [1.82, 2.24) is 0 Å². The van der Waals surface area contributed by atoms with Gasteiger partial charge in [0, 0.05) is 6.08 Å². The predicted molar refractivity (Wildman–Crippen MR) is 81.0 cm³/mol. The Balaban J connectivity index is 2.12. The number of carbonyl (C=O) groups is 1. The molecule has 1 aromatic carbocycles.